The summed E-state index contributed by atoms with van der Waals surface area (Å²) in [6, 6.07) is 7.61. The van der Waals surface area contributed by atoms with Crippen molar-refractivity contribution in [2.45, 2.75) is 23.6 Å². The maximum Gasteiger partial charge on any atom is 0.341 e. The Morgan fingerprint density at radius 3 is 2.35 bits per heavy atom. The van der Waals surface area contributed by atoms with Gasteiger partial charge in [0.05, 0.1) is 10.9 Å². The number of carbonyl (C=O) groups excluding carboxylic acids is 1. The van der Waals surface area contributed by atoms with E-state index in [1.165, 1.54) is 12.1 Å². The molecule has 1 atom stereocenters. The highest BCUT2D eigenvalue weighted by Gasteiger charge is 2.26. The Kier molecular flexibility index (Phi) is 5.05. The lowest BCUT2D eigenvalue weighted by atomic mass is 10.1. The monoisotopic (exact) mass is 340 g/mol. The molecule has 0 aliphatic rings. The molecular weight excluding hydrogens is 326 g/mol. The molecule has 2 aromatic rings. The number of halogens is 2. The van der Waals surface area contributed by atoms with E-state index in [1.807, 2.05) is 0 Å². The molecule has 1 aromatic carbocycles. The van der Waals surface area contributed by atoms with Gasteiger partial charge in [-0.2, -0.15) is 8.78 Å². The lowest BCUT2D eigenvalue weighted by Crippen LogP contribution is -2.26. The van der Waals surface area contributed by atoms with Crippen molar-refractivity contribution < 1.29 is 22.0 Å². The van der Waals surface area contributed by atoms with Gasteiger partial charge in [0, 0.05) is 18.0 Å². The van der Waals surface area contributed by atoms with Gasteiger partial charge in [0.2, 0.25) is 9.84 Å². The van der Waals surface area contributed by atoms with Crippen LogP contribution in [0.1, 0.15) is 28.9 Å². The fourth-order valence-corrected chi connectivity index (χ4v) is 2.62. The van der Waals surface area contributed by atoms with Crippen LogP contribution in [0.4, 0.5) is 8.78 Å². The van der Waals surface area contributed by atoms with Crippen molar-refractivity contribution in [3.63, 3.8) is 0 Å². The van der Waals surface area contributed by atoms with Crippen LogP contribution in [0.2, 0.25) is 0 Å². The summed E-state index contributed by atoms with van der Waals surface area (Å²) in [7, 11) is -4.66. The Morgan fingerprint density at radius 1 is 1.17 bits per heavy atom. The van der Waals surface area contributed by atoms with Crippen LogP contribution in [0.3, 0.4) is 0 Å². The number of carbonyl (C=O) groups is 1. The van der Waals surface area contributed by atoms with Gasteiger partial charge in [0.1, 0.15) is 0 Å². The van der Waals surface area contributed by atoms with Crippen LogP contribution in [0, 0.1) is 0 Å². The number of benzene rings is 1. The molecule has 8 heteroatoms. The summed E-state index contributed by atoms with van der Waals surface area (Å²) >= 11 is 0. The molecule has 0 fully saturated rings. The number of alkyl halides is 2. The lowest BCUT2D eigenvalue weighted by molar-refractivity contribution is 0.0939. The molecule has 1 aromatic heterocycles. The SMILES string of the molecule is CC(NC(=O)c1ccc(S(=O)(=O)C(F)F)cc1)c1cccnc1. The summed E-state index contributed by atoms with van der Waals surface area (Å²) in [4.78, 5) is 15.5. The Hall–Kier alpha value is -2.35. The van der Waals surface area contributed by atoms with Crippen LogP contribution in [-0.4, -0.2) is 25.1 Å². The number of nitrogens with zero attached hydrogens (tertiary/aromatic N) is 1. The fourth-order valence-electron chi connectivity index (χ4n) is 1.89. The summed E-state index contributed by atoms with van der Waals surface area (Å²) in [5, 5.41) is 2.72. The van der Waals surface area contributed by atoms with E-state index in [0.717, 1.165) is 17.7 Å². The number of hydrogen-bond donors (Lipinski definition) is 1. The highest BCUT2D eigenvalue weighted by molar-refractivity contribution is 7.91. The van der Waals surface area contributed by atoms with Crippen molar-refractivity contribution >= 4 is 15.7 Å². The van der Waals surface area contributed by atoms with Crippen LogP contribution < -0.4 is 5.32 Å². The second-order valence-electron chi connectivity index (χ2n) is 4.81. The molecule has 1 N–H and O–H groups in total. The average molecular weight is 340 g/mol. The third kappa shape index (κ3) is 3.89. The molecule has 1 unspecified atom stereocenters. The molecule has 2 rings (SSSR count). The standard InChI is InChI=1S/C15H14F2N2O3S/c1-10(12-3-2-8-18-9-12)19-14(20)11-4-6-13(7-5-11)23(21,22)15(16)17/h2-10,15H,1H3,(H,19,20). The number of nitrogens with one attached hydrogen (secondary N) is 1. The first-order valence-corrected chi connectivity index (χ1v) is 8.20. The average Bonchev–Trinajstić information content (AvgIpc) is 2.55. The van der Waals surface area contributed by atoms with Gasteiger partial charge in [-0.05, 0) is 42.8 Å². The van der Waals surface area contributed by atoms with E-state index in [9.17, 15) is 22.0 Å². The predicted octanol–water partition coefficient (Wildman–Crippen LogP) is 2.57. The summed E-state index contributed by atoms with van der Waals surface area (Å²) in [5.74, 6) is -3.94. The molecule has 0 spiro atoms. The predicted molar refractivity (Wildman–Crippen MR) is 79.8 cm³/mol. The zero-order valence-electron chi connectivity index (χ0n) is 12.1. The highest BCUT2D eigenvalue weighted by Crippen LogP contribution is 2.19. The van der Waals surface area contributed by atoms with Crippen molar-refractivity contribution in [2.75, 3.05) is 0 Å². The Morgan fingerprint density at radius 2 is 1.83 bits per heavy atom. The molecule has 0 aliphatic heterocycles. The maximum atomic E-state index is 12.4. The van der Waals surface area contributed by atoms with Gasteiger partial charge < -0.3 is 5.32 Å². The number of sulfone groups is 1. The van der Waals surface area contributed by atoms with Gasteiger partial charge in [0.25, 0.3) is 5.91 Å². The summed E-state index contributed by atoms with van der Waals surface area (Å²) in [6.07, 6.45) is 3.23. The summed E-state index contributed by atoms with van der Waals surface area (Å²) in [6.45, 7) is 1.77. The van der Waals surface area contributed by atoms with E-state index in [4.69, 9.17) is 0 Å². The van der Waals surface area contributed by atoms with Gasteiger partial charge in [-0.1, -0.05) is 6.07 Å². The smallest absolute Gasteiger partial charge is 0.341 e. The van der Waals surface area contributed by atoms with E-state index < -0.39 is 26.4 Å². The second-order valence-corrected chi connectivity index (χ2v) is 6.73. The molecule has 122 valence electrons. The Labute approximate surface area is 132 Å². The summed E-state index contributed by atoms with van der Waals surface area (Å²) < 4.78 is 47.5. The van der Waals surface area contributed by atoms with E-state index >= 15 is 0 Å². The first-order chi connectivity index (χ1) is 10.8. The van der Waals surface area contributed by atoms with E-state index in [1.54, 1.807) is 31.5 Å². The van der Waals surface area contributed by atoms with Crippen molar-refractivity contribution in [2.24, 2.45) is 0 Å². The third-order valence-electron chi connectivity index (χ3n) is 3.21. The van der Waals surface area contributed by atoms with Gasteiger partial charge in [-0.15, -0.1) is 0 Å². The van der Waals surface area contributed by atoms with E-state index in [2.05, 4.69) is 10.3 Å². The Bertz CT molecular complexity index is 778. The topological polar surface area (TPSA) is 76.1 Å². The first-order valence-electron chi connectivity index (χ1n) is 6.65. The van der Waals surface area contributed by atoms with Gasteiger partial charge >= 0.3 is 5.76 Å². The molecule has 0 saturated carbocycles. The largest absolute Gasteiger partial charge is 0.345 e. The third-order valence-corrected chi connectivity index (χ3v) is 4.61. The molecule has 23 heavy (non-hydrogen) atoms. The minimum Gasteiger partial charge on any atom is -0.345 e. The minimum absolute atomic E-state index is 0.175. The number of aromatic nitrogens is 1. The number of rotatable bonds is 5. The lowest BCUT2D eigenvalue weighted by Gasteiger charge is -2.14. The molecule has 1 amide bonds. The van der Waals surface area contributed by atoms with Gasteiger partial charge in [-0.25, -0.2) is 8.42 Å². The van der Waals surface area contributed by atoms with Gasteiger partial charge in [-0.3, -0.25) is 9.78 Å². The molecule has 1 heterocycles. The number of amides is 1. The van der Waals surface area contributed by atoms with Crippen LogP contribution >= 0.6 is 0 Å². The zero-order valence-corrected chi connectivity index (χ0v) is 12.9. The normalized spacial score (nSPS) is 12.9. The van der Waals surface area contributed by atoms with Crippen LogP contribution in [0.5, 0.6) is 0 Å². The van der Waals surface area contributed by atoms with Crippen LogP contribution in [0.25, 0.3) is 0 Å². The summed E-state index contributed by atoms with van der Waals surface area (Å²) in [5.41, 5.74) is 0.978. The quantitative estimate of drug-likeness (QED) is 0.908. The zero-order chi connectivity index (χ0) is 17.0. The maximum absolute atomic E-state index is 12.4. The highest BCUT2D eigenvalue weighted by atomic mass is 32.2. The van der Waals surface area contributed by atoms with Crippen LogP contribution in [0.15, 0.2) is 53.7 Å². The molecular formula is C15H14F2N2O3S. The number of pyridine rings is 1. The van der Waals surface area contributed by atoms with E-state index in [0.29, 0.717) is 0 Å². The molecule has 0 radical (unpaired) electrons. The van der Waals surface area contributed by atoms with Crippen LogP contribution in [-0.2, 0) is 9.84 Å². The molecule has 5 nitrogen and oxygen atoms in total. The fraction of sp³-hybridized carbons (Fsp3) is 0.200. The van der Waals surface area contributed by atoms with Crippen molar-refractivity contribution in [3.05, 3.63) is 59.9 Å². The minimum atomic E-state index is -4.66. The second kappa shape index (κ2) is 6.82. The van der Waals surface area contributed by atoms with Gasteiger partial charge in [0.15, 0.2) is 0 Å². The van der Waals surface area contributed by atoms with Crippen molar-refractivity contribution in [1.29, 1.82) is 0 Å². The van der Waals surface area contributed by atoms with Crippen molar-refractivity contribution in [3.8, 4) is 0 Å². The molecule has 0 aliphatic carbocycles. The molecule has 0 saturated heterocycles. The first kappa shape index (κ1) is 17.0. The molecule has 0 bridgehead atoms. The number of hydrogen-bond acceptors (Lipinski definition) is 4. The Balaban J connectivity index is 2.12. The van der Waals surface area contributed by atoms with E-state index in [-0.39, 0.29) is 11.6 Å². The van der Waals surface area contributed by atoms with Crippen molar-refractivity contribution in [1.82, 2.24) is 10.3 Å².